The maximum Gasteiger partial charge on any atom is 0.229 e. The maximum atomic E-state index is 12.9. The van der Waals surface area contributed by atoms with Crippen molar-refractivity contribution >= 4 is 21.4 Å². The second kappa shape index (κ2) is 7.89. The van der Waals surface area contributed by atoms with Crippen molar-refractivity contribution in [3.63, 3.8) is 0 Å². The van der Waals surface area contributed by atoms with E-state index in [2.05, 4.69) is 15.5 Å². The van der Waals surface area contributed by atoms with Gasteiger partial charge < -0.3 is 11.1 Å². The Bertz CT molecular complexity index is 1040. The molecule has 0 spiro atoms. The van der Waals surface area contributed by atoms with Crippen molar-refractivity contribution in [3.05, 3.63) is 48.7 Å². The normalized spacial score (nSPS) is 16.9. The van der Waals surface area contributed by atoms with E-state index in [4.69, 9.17) is 5.73 Å². The summed E-state index contributed by atoms with van der Waals surface area (Å²) in [6.07, 6.45) is 7.68. The van der Waals surface area contributed by atoms with E-state index in [1.54, 1.807) is 53.1 Å². The average Bonchev–Trinajstić information content (AvgIpc) is 3.15. The number of hydrogen-bond acceptors (Lipinski definition) is 6. The zero-order valence-corrected chi connectivity index (χ0v) is 16.5. The van der Waals surface area contributed by atoms with E-state index in [1.807, 2.05) is 0 Å². The first-order chi connectivity index (χ1) is 13.6. The monoisotopic (exact) mass is 399 g/mol. The van der Waals surface area contributed by atoms with Gasteiger partial charge in [-0.25, -0.2) is 8.42 Å². The maximum absolute atomic E-state index is 12.9. The summed E-state index contributed by atoms with van der Waals surface area (Å²) < 4.78 is 27.4. The number of benzene rings is 1. The van der Waals surface area contributed by atoms with Crippen LogP contribution in [0.2, 0.25) is 0 Å². The third kappa shape index (κ3) is 3.74. The Balaban J connectivity index is 1.56. The number of nitrogens with two attached hydrogens (primary N) is 1. The number of nitrogens with zero attached hydrogens (tertiary/aromatic N) is 3. The van der Waals surface area contributed by atoms with Crippen molar-refractivity contribution < 1.29 is 8.42 Å². The molecule has 0 amide bonds. The van der Waals surface area contributed by atoms with Gasteiger partial charge >= 0.3 is 0 Å². The van der Waals surface area contributed by atoms with Gasteiger partial charge in [0, 0.05) is 18.8 Å². The van der Waals surface area contributed by atoms with E-state index in [0.29, 0.717) is 24.1 Å². The van der Waals surface area contributed by atoms with Crippen LogP contribution in [0.5, 0.6) is 0 Å². The molecular weight excluding hydrogens is 374 g/mol. The lowest BCUT2D eigenvalue weighted by Crippen LogP contribution is -2.38. The Hall–Kier alpha value is -2.45. The molecule has 7 nitrogen and oxygen atoms in total. The van der Waals surface area contributed by atoms with Gasteiger partial charge in [-0.1, -0.05) is 37.5 Å². The van der Waals surface area contributed by atoms with Crippen LogP contribution in [0.1, 0.15) is 32.1 Å². The van der Waals surface area contributed by atoms with Crippen molar-refractivity contribution in [2.24, 2.45) is 11.7 Å². The highest BCUT2D eigenvalue weighted by Gasteiger charge is 2.22. The van der Waals surface area contributed by atoms with Crippen LogP contribution in [0.25, 0.3) is 5.65 Å². The first-order valence-corrected chi connectivity index (χ1v) is 11.2. The minimum Gasteiger partial charge on any atom is -0.352 e. The Morgan fingerprint density at radius 2 is 1.79 bits per heavy atom. The molecule has 0 aliphatic heterocycles. The van der Waals surface area contributed by atoms with Crippen molar-refractivity contribution in [2.45, 2.75) is 47.9 Å². The Morgan fingerprint density at radius 1 is 1.04 bits per heavy atom. The average molecular weight is 400 g/mol. The van der Waals surface area contributed by atoms with Crippen LogP contribution in [-0.2, 0) is 9.84 Å². The molecule has 4 rings (SSSR count). The molecule has 28 heavy (non-hydrogen) atoms. The molecule has 3 aromatic rings. The number of pyridine rings is 1. The number of sulfone groups is 1. The minimum atomic E-state index is -3.60. The summed E-state index contributed by atoms with van der Waals surface area (Å²) in [5.74, 6) is 1.03. The van der Waals surface area contributed by atoms with Crippen molar-refractivity contribution in [1.29, 1.82) is 0 Å². The fourth-order valence-electron chi connectivity index (χ4n) is 3.82. The fourth-order valence-corrected chi connectivity index (χ4v) is 5.10. The summed E-state index contributed by atoms with van der Waals surface area (Å²) in [7, 11) is -3.60. The number of rotatable bonds is 6. The van der Waals surface area contributed by atoms with E-state index in [9.17, 15) is 8.42 Å². The molecule has 1 aliphatic carbocycles. The van der Waals surface area contributed by atoms with Crippen LogP contribution in [0.3, 0.4) is 0 Å². The molecule has 1 saturated carbocycles. The Morgan fingerprint density at radius 3 is 2.54 bits per heavy atom. The zero-order chi connectivity index (χ0) is 19.6. The summed E-state index contributed by atoms with van der Waals surface area (Å²) >= 11 is 0. The van der Waals surface area contributed by atoms with Gasteiger partial charge in [0.25, 0.3) is 0 Å². The van der Waals surface area contributed by atoms with Gasteiger partial charge in [-0.2, -0.15) is 0 Å². The van der Waals surface area contributed by atoms with Gasteiger partial charge in [-0.3, -0.25) is 4.40 Å². The molecule has 0 unspecified atom stereocenters. The highest BCUT2D eigenvalue weighted by atomic mass is 32.2. The van der Waals surface area contributed by atoms with Gasteiger partial charge in [0.1, 0.15) is 0 Å². The van der Waals surface area contributed by atoms with Crippen LogP contribution in [0.4, 0.5) is 5.95 Å². The van der Waals surface area contributed by atoms with Gasteiger partial charge in [0.2, 0.25) is 15.8 Å². The molecule has 1 fully saturated rings. The summed E-state index contributed by atoms with van der Waals surface area (Å²) in [6, 6.07) is 11.7. The molecule has 8 heteroatoms. The first kappa shape index (κ1) is 18.9. The molecule has 148 valence electrons. The third-order valence-electron chi connectivity index (χ3n) is 5.49. The summed E-state index contributed by atoms with van der Waals surface area (Å²) in [5, 5.41) is 11.5. The van der Waals surface area contributed by atoms with Crippen molar-refractivity contribution in [3.8, 4) is 0 Å². The van der Waals surface area contributed by atoms with E-state index < -0.39 is 9.84 Å². The topological polar surface area (TPSA) is 102 Å². The van der Waals surface area contributed by atoms with Gasteiger partial charge in [-0.05, 0) is 43.0 Å². The lowest BCUT2D eigenvalue weighted by atomic mass is 9.84. The van der Waals surface area contributed by atoms with Crippen LogP contribution < -0.4 is 11.1 Å². The fraction of sp³-hybridized carbons (Fsp3) is 0.400. The van der Waals surface area contributed by atoms with Crippen LogP contribution >= 0.6 is 0 Å². The first-order valence-electron chi connectivity index (χ1n) is 9.70. The third-order valence-corrected chi connectivity index (χ3v) is 7.25. The summed E-state index contributed by atoms with van der Waals surface area (Å²) in [5.41, 5.74) is 6.95. The van der Waals surface area contributed by atoms with Crippen molar-refractivity contribution in [2.75, 3.05) is 11.9 Å². The predicted molar refractivity (Wildman–Crippen MR) is 108 cm³/mol. The number of fused-ring (bicyclic) bond motifs is 1. The SMILES string of the molecule is N[C@@H](CNc1nnc2ccc(S(=O)(=O)c3ccccc3)cn12)C1CCCCC1. The van der Waals surface area contributed by atoms with Crippen molar-refractivity contribution in [1.82, 2.24) is 14.6 Å². The molecular formula is C20H25N5O2S. The molecule has 0 radical (unpaired) electrons. The van der Waals surface area contributed by atoms with Crippen LogP contribution in [-0.4, -0.2) is 35.6 Å². The van der Waals surface area contributed by atoms with E-state index >= 15 is 0 Å². The van der Waals surface area contributed by atoms with Gasteiger partial charge in [-0.15, -0.1) is 10.2 Å². The molecule has 0 saturated heterocycles. The molecule has 0 bridgehead atoms. The quantitative estimate of drug-likeness (QED) is 0.661. The van der Waals surface area contributed by atoms with Crippen LogP contribution in [0.15, 0.2) is 58.5 Å². The number of nitrogens with one attached hydrogen (secondary N) is 1. The molecule has 2 heterocycles. The number of hydrogen-bond donors (Lipinski definition) is 2. The number of aromatic nitrogens is 3. The lowest BCUT2D eigenvalue weighted by Gasteiger charge is -2.27. The van der Waals surface area contributed by atoms with E-state index in [1.165, 1.54) is 32.1 Å². The van der Waals surface area contributed by atoms with E-state index in [-0.39, 0.29) is 15.8 Å². The summed E-state index contributed by atoms with van der Waals surface area (Å²) in [4.78, 5) is 0.460. The number of anilines is 1. The molecule has 2 aromatic heterocycles. The standard InChI is InChI=1S/C20H25N5O2S/c21-18(15-7-3-1-4-8-15)13-22-20-24-23-19-12-11-17(14-25(19)20)28(26,27)16-9-5-2-6-10-16/h2,5-6,9-12,14-15,18H,1,3-4,7-8,13,21H2,(H,22,24)/t18-/m0/s1. The highest BCUT2D eigenvalue weighted by Crippen LogP contribution is 2.26. The summed E-state index contributed by atoms with van der Waals surface area (Å²) in [6.45, 7) is 0.584. The molecule has 3 N–H and O–H groups in total. The minimum absolute atomic E-state index is 0.0453. The van der Waals surface area contributed by atoms with Gasteiger partial charge in [0.05, 0.1) is 9.79 Å². The zero-order valence-electron chi connectivity index (χ0n) is 15.7. The second-order valence-electron chi connectivity index (χ2n) is 7.38. The second-order valence-corrected chi connectivity index (χ2v) is 9.33. The Labute approximate surface area is 164 Å². The molecule has 1 atom stereocenters. The molecule has 1 aliphatic rings. The Kier molecular flexibility index (Phi) is 5.32. The smallest absolute Gasteiger partial charge is 0.229 e. The van der Waals surface area contributed by atoms with Crippen LogP contribution in [0, 0.1) is 5.92 Å². The largest absolute Gasteiger partial charge is 0.352 e. The van der Waals surface area contributed by atoms with E-state index in [0.717, 1.165) is 0 Å². The molecule has 1 aromatic carbocycles. The predicted octanol–water partition coefficient (Wildman–Crippen LogP) is 2.88. The van der Waals surface area contributed by atoms with Gasteiger partial charge in [0.15, 0.2) is 5.65 Å². The highest BCUT2D eigenvalue weighted by molar-refractivity contribution is 7.91. The lowest BCUT2D eigenvalue weighted by molar-refractivity contribution is 0.311.